The van der Waals surface area contributed by atoms with E-state index < -0.39 is 12.0 Å². The number of nitrogens with one attached hydrogen (secondary N) is 2. The molecule has 0 radical (unpaired) electrons. The van der Waals surface area contributed by atoms with Gasteiger partial charge in [-0.2, -0.15) is 0 Å². The van der Waals surface area contributed by atoms with Gasteiger partial charge in [0.1, 0.15) is 0 Å². The van der Waals surface area contributed by atoms with E-state index in [4.69, 9.17) is 4.74 Å². The molecule has 0 aliphatic carbocycles. The van der Waals surface area contributed by atoms with Crippen molar-refractivity contribution < 1.29 is 19.1 Å². The second-order valence-electron chi connectivity index (χ2n) is 7.11. The van der Waals surface area contributed by atoms with Crippen LogP contribution in [-0.4, -0.2) is 67.5 Å². The number of esters is 1. The molecule has 1 aromatic rings. The Kier molecular flexibility index (Phi) is 5.99. The molecule has 1 atom stereocenters. The van der Waals surface area contributed by atoms with Gasteiger partial charge in [-0.25, -0.2) is 9.59 Å². The fourth-order valence-corrected chi connectivity index (χ4v) is 3.55. The molecule has 0 aromatic heterocycles. The molecule has 2 aliphatic heterocycles. The number of rotatable bonds is 4. The first-order chi connectivity index (χ1) is 13.4. The average molecular weight is 386 g/mol. The Morgan fingerprint density at radius 2 is 1.79 bits per heavy atom. The summed E-state index contributed by atoms with van der Waals surface area (Å²) in [6.07, 6.45) is 0. The zero-order valence-corrected chi connectivity index (χ0v) is 16.4. The van der Waals surface area contributed by atoms with Gasteiger partial charge in [-0.15, -0.1) is 0 Å². The molecular formula is C20H26N4O4. The minimum absolute atomic E-state index is 0.0590. The van der Waals surface area contributed by atoms with Crippen LogP contribution in [0.25, 0.3) is 0 Å². The van der Waals surface area contributed by atoms with E-state index in [9.17, 15) is 14.4 Å². The van der Waals surface area contributed by atoms with Gasteiger partial charge in [-0.05, 0) is 12.5 Å². The second-order valence-corrected chi connectivity index (χ2v) is 7.11. The van der Waals surface area contributed by atoms with E-state index in [0.717, 1.165) is 11.1 Å². The highest BCUT2D eigenvalue weighted by Crippen LogP contribution is 2.28. The van der Waals surface area contributed by atoms with Crippen molar-refractivity contribution in [3.05, 3.63) is 46.7 Å². The quantitative estimate of drug-likeness (QED) is 0.752. The summed E-state index contributed by atoms with van der Waals surface area (Å²) < 4.78 is 5.01. The highest BCUT2D eigenvalue weighted by Gasteiger charge is 2.34. The van der Waals surface area contributed by atoms with Crippen molar-refractivity contribution in [1.82, 2.24) is 20.4 Å². The summed E-state index contributed by atoms with van der Waals surface area (Å²) in [6.45, 7) is 6.56. The Morgan fingerprint density at radius 3 is 2.36 bits per heavy atom. The molecule has 150 valence electrons. The summed E-state index contributed by atoms with van der Waals surface area (Å²) in [6, 6.07) is 6.76. The Hall–Kier alpha value is -2.87. The van der Waals surface area contributed by atoms with Crippen molar-refractivity contribution in [3.63, 3.8) is 0 Å². The molecular weight excluding hydrogens is 360 g/mol. The van der Waals surface area contributed by atoms with Crippen molar-refractivity contribution in [2.24, 2.45) is 0 Å². The van der Waals surface area contributed by atoms with Gasteiger partial charge < -0.3 is 20.3 Å². The summed E-state index contributed by atoms with van der Waals surface area (Å²) in [4.78, 5) is 40.3. The number of nitrogens with zero attached hydrogens (tertiary/aromatic N) is 2. The molecule has 1 saturated heterocycles. The number of methoxy groups -OCH3 is 1. The average Bonchev–Trinajstić information content (AvgIpc) is 2.68. The van der Waals surface area contributed by atoms with E-state index in [1.807, 2.05) is 31.2 Å². The summed E-state index contributed by atoms with van der Waals surface area (Å²) in [5, 5.41) is 5.61. The number of benzene rings is 1. The molecule has 0 saturated carbocycles. The third kappa shape index (κ3) is 4.33. The summed E-state index contributed by atoms with van der Waals surface area (Å²) in [5.74, 6) is -0.417. The highest BCUT2D eigenvalue weighted by molar-refractivity contribution is 5.95. The molecule has 1 fully saturated rings. The first kappa shape index (κ1) is 19.9. The number of aryl methyl sites for hydroxylation is 1. The fourth-order valence-electron chi connectivity index (χ4n) is 3.55. The molecule has 0 bridgehead atoms. The largest absolute Gasteiger partial charge is 0.466 e. The van der Waals surface area contributed by atoms with Crippen LogP contribution >= 0.6 is 0 Å². The maximum absolute atomic E-state index is 12.6. The lowest BCUT2D eigenvalue weighted by Crippen LogP contribution is -2.52. The number of ether oxygens (including phenoxy) is 1. The van der Waals surface area contributed by atoms with Crippen molar-refractivity contribution >= 4 is 17.9 Å². The van der Waals surface area contributed by atoms with E-state index in [2.05, 4.69) is 15.5 Å². The van der Waals surface area contributed by atoms with Gasteiger partial charge in [0, 0.05) is 45.3 Å². The molecule has 1 aromatic carbocycles. The number of amides is 3. The Labute approximate surface area is 164 Å². The second kappa shape index (κ2) is 8.43. The van der Waals surface area contributed by atoms with Gasteiger partial charge in [0.05, 0.1) is 18.7 Å². The standard InChI is InChI=1S/C20H26N4O4/c1-13-4-6-15(7-5-13)18-17(19(26)28-3)16(21-20(27)22-18)12-23-8-10-24(11-9-23)14(2)25/h4-7,18H,8-12H2,1-3H3,(H2,21,22,27). The van der Waals surface area contributed by atoms with E-state index in [1.165, 1.54) is 7.11 Å². The molecule has 3 amide bonds. The molecule has 28 heavy (non-hydrogen) atoms. The lowest BCUT2D eigenvalue weighted by atomic mass is 9.94. The third-order valence-electron chi connectivity index (χ3n) is 5.17. The third-order valence-corrected chi connectivity index (χ3v) is 5.17. The summed E-state index contributed by atoms with van der Waals surface area (Å²) >= 11 is 0. The Balaban J connectivity index is 1.88. The van der Waals surface area contributed by atoms with Crippen LogP contribution in [0.3, 0.4) is 0 Å². The van der Waals surface area contributed by atoms with Crippen LogP contribution in [0.1, 0.15) is 24.1 Å². The van der Waals surface area contributed by atoms with Crippen LogP contribution in [0.2, 0.25) is 0 Å². The molecule has 3 rings (SSSR count). The van der Waals surface area contributed by atoms with Crippen molar-refractivity contribution in [2.75, 3.05) is 39.8 Å². The predicted octanol–water partition coefficient (Wildman–Crippen LogP) is 0.940. The fraction of sp³-hybridized carbons (Fsp3) is 0.450. The molecule has 2 heterocycles. The predicted molar refractivity (Wildman–Crippen MR) is 103 cm³/mol. The first-order valence-corrected chi connectivity index (χ1v) is 9.32. The van der Waals surface area contributed by atoms with Crippen LogP contribution < -0.4 is 10.6 Å². The van der Waals surface area contributed by atoms with E-state index in [-0.39, 0.29) is 11.9 Å². The highest BCUT2D eigenvalue weighted by atomic mass is 16.5. The zero-order valence-electron chi connectivity index (χ0n) is 16.4. The zero-order chi connectivity index (χ0) is 20.3. The van der Waals surface area contributed by atoms with Crippen molar-refractivity contribution in [3.8, 4) is 0 Å². The first-order valence-electron chi connectivity index (χ1n) is 9.32. The SMILES string of the molecule is COC(=O)C1=C(CN2CCN(C(C)=O)CC2)NC(=O)NC1c1ccc(C)cc1. The number of hydrogen-bond donors (Lipinski definition) is 2. The monoisotopic (exact) mass is 386 g/mol. The summed E-state index contributed by atoms with van der Waals surface area (Å²) in [7, 11) is 1.33. The Morgan fingerprint density at radius 1 is 1.14 bits per heavy atom. The van der Waals surface area contributed by atoms with E-state index in [1.54, 1.807) is 11.8 Å². The minimum atomic E-state index is -0.574. The summed E-state index contributed by atoms with van der Waals surface area (Å²) in [5.41, 5.74) is 2.85. The molecule has 1 unspecified atom stereocenters. The molecule has 0 spiro atoms. The topological polar surface area (TPSA) is 91.0 Å². The lowest BCUT2D eigenvalue weighted by molar-refractivity contribution is -0.136. The lowest BCUT2D eigenvalue weighted by Gasteiger charge is -2.36. The Bertz CT molecular complexity index is 795. The number of hydrogen-bond acceptors (Lipinski definition) is 5. The van der Waals surface area contributed by atoms with E-state index >= 15 is 0 Å². The minimum Gasteiger partial charge on any atom is -0.466 e. The number of carbonyl (C=O) groups is 3. The maximum Gasteiger partial charge on any atom is 0.338 e. The van der Waals surface area contributed by atoms with E-state index in [0.29, 0.717) is 44.0 Å². The van der Waals surface area contributed by atoms with Gasteiger partial charge in [-0.3, -0.25) is 9.69 Å². The van der Waals surface area contributed by atoms with Crippen molar-refractivity contribution in [2.45, 2.75) is 19.9 Å². The van der Waals surface area contributed by atoms with Crippen LogP contribution in [0.4, 0.5) is 4.79 Å². The van der Waals surface area contributed by atoms with Gasteiger partial charge in [-0.1, -0.05) is 29.8 Å². The van der Waals surface area contributed by atoms with Crippen LogP contribution in [0.15, 0.2) is 35.5 Å². The van der Waals surface area contributed by atoms with Crippen LogP contribution in [0, 0.1) is 6.92 Å². The van der Waals surface area contributed by atoms with Gasteiger partial charge in [0.2, 0.25) is 5.91 Å². The number of piperazine rings is 1. The van der Waals surface area contributed by atoms with Gasteiger partial charge >= 0.3 is 12.0 Å². The van der Waals surface area contributed by atoms with Gasteiger partial charge in [0.15, 0.2) is 0 Å². The maximum atomic E-state index is 12.6. The number of urea groups is 1. The number of carbonyl (C=O) groups excluding carboxylic acids is 3. The van der Waals surface area contributed by atoms with Gasteiger partial charge in [0.25, 0.3) is 0 Å². The molecule has 2 N–H and O–H groups in total. The molecule has 2 aliphatic rings. The molecule has 8 heteroatoms. The van der Waals surface area contributed by atoms with Crippen LogP contribution in [0.5, 0.6) is 0 Å². The molecule has 8 nitrogen and oxygen atoms in total. The van der Waals surface area contributed by atoms with Crippen LogP contribution in [-0.2, 0) is 14.3 Å². The normalized spacial score (nSPS) is 20.5. The smallest absolute Gasteiger partial charge is 0.338 e. The van der Waals surface area contributed by atoms with Crippen molar-refractivity contribution in [1.29, 1.82) is 0 Å².